The second-order valence-electron chi connectivity index (χ2n) is 5.61. The molecule has 1 unspecified atom stereocenters. The van der Waals surface area contributed by atoms with Gasteiger partial charge in [-0.25, -0.2) is 8.42 Å². The zero-order chi connectivity index (χ0) is 18.0. The molecule has 1 aliphatic heterocycles. The summed E-state index contributed by atoms with van der Waals surface area (Å²) in [5.41, 5.74) is 1.09. The fourth-order valence-electron chi connectivity index (χ4n) is 2.66. The van der Waals surface area contributed by atoms with Crippen LogP contribution in [-0.2, 0) is 21.3 Å². The molecular formula is C16H17ClN4O3S. The van der Waals surface area contributed by atoms with Crippen LogP contribution in [0.2, 0.25) is 5.02 Å². The highest BCUT2D eigenvalue weighted by Gasteiger charge is 2.32. The van der Waals surface area contributed by atoms with Gasteiger partial charge in [0.15, 0.2) is 0 Å². The average molecular weight is 381 g/mol. The molecule has 1 aromatic heterocycles. The van der Waals surface area contributed by atoms with E-state index in [2.05, 4.69) is 5.10 Å². The molecule has 1 aromatic carbocycles. The van der Waals surface area contributed by atoms with Gasteiger partial charge in [0.05, 0.1) is 34.4 Å². The van der Waals surface area contributed by atoms with Crippen LogP contribution in [-0.4, -0.2) is 42.2 Å². The van der Waals surface area contributed by atoms with E-state index in [1.165, 1.54) is 22.5 Å². The predicted octanol–water partition coefficient (Wildman–Crippen LogP) is 2.19. The van der Waals surface area contributed by atoms with E-state index in [0.717, 1.165) is 12.1 Å². The first-order valence-electron chi connectivity index (χ1n) is 7.79. The second-order valence-corrected chi connectivity index (χ2v) is 7.95. The summed E-state index contributed by atoms with van der Waals surface area (Å²) in [4.78, 5) is 0.0707. The molecule has 7 nitrogen and oxygen atoms in total. The van der Waals surface area contributed by atoms with Crippen LogP contribution in [0.4, 0.5) is 0 Å². The number of ether oxygens (including phenoxy) is 1. The van der Waals surface area contributed by atoms with Gasteiger partial charge >= 0.3 is 0 Å². The Hall–Kier alpha value is -1.92. The molecule has 1 fully saturated rings. The van der Waals surface area contributed by atoms with Crippen molar-refractivity contribution in [2.24, 2.45) is 0 Å². The SMILES string of the molecule is CCn1cc(C2CN(S(=O)(=O)c3ccc(C#N)c(Cl)c3)CCO2)cn1. The van der Waals surface area contributed by atoms with E-state index in [9.17, 15) is 8.42 Å². The number of hydrogen-bond acceptors (Lipinski definition) is 5. The number of aromatic nitrogens is 2. The molecule has 0 saturated carbocycles. The Morgan fingerprint density at radius 3 is 2.92 bits per heavy atom. The number of morpholine rings is 1. The van der Waals surface area contributed by atoms with Crippen LogP contribution in [0.5, 0.6) is 0 Å². The first-order chi connectivity index (χ1) is 12.0. The van der Waals surface area contributed by atoms with Crippen molar-refractivity contribution in [3.8, 4) is 6.07 Å². The third-order valence-electron chi connectivity index (χ3n) is 4.08. The monoisotopic (exact) mass is 380 g/mol. The van der Waals surface area contributed by atoms with Crippen molar-refractivity contribution in [1.29, 1.82) is 5.26 Å². The molecule has 1 atom stereocenters. The molecule has 0 N–H and O–H groups in total. The van der Waals surface area contributed by atoms with Crippen LogP contribution in [0, 0.1) is 11.3 Å². The van der Waals surface area contributed by atoms with Crippen molar-refractivity contribution in [3.63, 3.8) is 0 Å². The maximum atomic E-state index is 12.9. The minimum Gasteiger partial charge on any atom is -0.371 e. The molecule has 9 heteroatoms. The molecule has 25 heavy (non-hydrogen) atoms. The summed E-state index contributed by atoms with van der Waals surface area (Å²) in [6.07, 6.45) is 3.19. The number of hydrogen-bond donors (Lipinski definition) is 0. The Balaban J connectivity index is 1.84. The van der Waals surface area contributed by atoms with Gasteiger partial charge < -0.3 is 4.74 Å². The zero-order valence-corrected chi connectivity index (χ0v) is 15.2. The number of halogens is 1. The number of benzene rings is 1. The number of nitriles is 1. The molecule has 2 aromatic rings. The Morgan fingerprint density at radius 1 is 1.48 bits per heavy atom. The average Bonchev–Trinajstić information content (AvgIpc) is 3.11. The fraction of sp³-hybridized carbons (Fsp3) is 0.375. The lowest BCUT2D eigenvalue weighted by molar-refractivity contribution is -0.00260. The molecule has 0 aliphatic carbocycles. The van der Waals surface area contributed by atoms with Gasteiger partial charge in [-0.15, -0.1) is 0 Å². The van der Waals surface area contributed by atoms with E-state index in [0.29, 0.717) is 6.61 Å². The number of aryl methyl sites for hydroxylation is 1. The standard InChI is InChI=1S/C16H17ClN4O3S/c1-2-20-10-13(9-19-20)16-11-21(5-6-24-16)25(22,23)14-4-3-12(8-18)15(17)7-14/h3-4,7,9-10,16H,2,5-6,11H2,1H3. The van der Waals surface area contributed by atoms with Crippen molar-refractivity contribution in [2.75, 3.05) is 19.7 Å². The molecule has 0 bridgehead atoms. The van der Waals surface area contributed by atoms with E-state index >= 15 is 0 Å². The Bertz CT molecular complexity index is 920. The van der Waals surface area contributed by atoms with Crippen molar-refractivity contribution < 1.29 is 13.2 Å². The predicted molar refractivity (Wildman–Crippen MR) is 91.5 cm³/mol. The van der Waals surface area contributed by atoms with Crippen LogP contribution in [0.1, 0.15) is 24.2 Å². The molecular weight excluding hydrogens is 364 g/mol. The van der Waals surface area contributed by atoms with E-state index in [1.807, 2.05) is 19.2 Å². The molecule has 1 saturated heterocycles. The maximum absolute atomic E-state index is 12.9. The fourth-order valence-corrected chi connectivity index (χ4v) is 4.40. The lowest BCUT2D eigenvalue weighted by Gasteiger charge is -2.31. The van der Waals surface area contributed by atoms with E-state index in [4.69, 9.17) is 21.6 Å². The zero-order valence-electron chi connectivity index (χ0n) is 13.6. The summed E-state index contributed by atoms with van der Waals surface area (Å²) in [6, 6.07) is 6.05. The molecule has 2 heterocycles. The van der Waals surface area contributed by atoms with Crippen LogP contribution in [0.3, 0.4) is 0 Å². The second kappa shape index (κ2) is 7.14. The van der Waals surface area contributed by atoms with Crippen LogP contribution in [0.15, 0.2) is 35.5 Å². The minimum absolute atomic E-state index is 0.0707. The van der Waals surface area contributed by atoms with E-state index in [-0.39, 0.29) is 34.7 Å². The van der Waals surface area contributed by atoms with Gasteiger partial charge in [0.1, 0.15) is 6.07 Å². The largest absolute Gasteiger partial charge is 0.371 e. The van der Waals surface area contributed by atoms with Crippen molar-refractivity contribution in [2.45, 2.75) is 24.5 Å². The van der Waals surface area contributed by atoms with Crippen molar-refractivity contribution >= 4 is 21.6 Å². The van der Waals surface area contributed by atoms with Crippen LogP contribution < -0.4 is 0 Å². The first-order valence-corrected chi connectivity index (χ1v) is 9.61. The van der Waals surface area contributed by atoms with Gasteiger partial charge in [-0.2, -0.15) is 14.7 Å². The highest BCUT2D eigenvalue weighted by Crippen LogP contribution is 2.28. The summed E-state index contributed by atoms with van der Waals surface area (Å²) in [5, 5.41) is 13.3. The van der Waals surface area contributed by atoms with Gasteiger partial charge in [-0.1, -0.05) is 11.6 Å². The first kappa shape index (κ1) is 17.9. The minimum atomic E-state index is -3.72. The van der Waals surface area contributed by atoms with E-state index < -0.39 is 10.0 Å². The lowest BCUT2D eigenvalue weighted by Crippen LogP contribution is -2.42. The number of nitrogens with zero attached hydrogens (tertiary/aromatic N) is 4. The molecule has 0 spiro atoms. The third kappa shape index (κ3) is 3.55. The van der Waals surface area contributed by atoms with Crippen molar-refractivity contribution in [3.05, 3.63) is 46.7 Å². The van der Waals surface area contributed by atoms with Gasteiger partial charge in [0.2, 0.25) is 10.0 Å². The smallest absolute Gasteiger partial charge is 0.243 e. The summed E-state index contributed by atoms with van der Waals surface area (Å²) in [5.74, 6) is 0. The molecule has 3 rings (SSSR count). The molecule has 0 amide bonds. The van der Waals surface area contributed by atoms with Crippen molar-refractivity contribution in [1.82, 2.24) is 14.1 Å². The number of rotatable bonds is 4. The Kier molecular flexibility index (Phi) is 5.11. The highest BCUT2D eigenvalue weighted by atomic mass is 35.5. The Labute approximate surface area is 151 Å². The van der Waals surface area contributed by atoms with Gasteiger partial charge in [-0.05, 0) is 25.1 Å². The van der Waals surface area contributed by atoms with Gasteiger partial charge in [0, 0.05) is 31.4 Å². The maximum Gasteiger partial charge on any atom is 0.243 e. The quantitative estimate of drug-likeness (QED) is 0.811. The summed E-state index contributed by atoms with van der Waals surface area (Å²) < 4.78 is 34.6. The third-order valence-corrected chi connectivity index (χ3v) is 6.25. The Morgan fingerprint density at radius 2 is 2.28 bits per heavy atom. The number of sulfonamides is 1. The van der Waals surface area contributed by atoms with Gasteiger partial charge in [-0.3, -0.25) is 4.68 Å². The topological polar surface area (TPSA) is 88.2 Å². The summed E-state index contributed by atoms with van der Waals surface area (Å²) in [6.45, 7) is 3.47. The molecule has 1 aliphatic rings. The summed E-state index contributed by atoms with van der Waals surface area (Å²) in [7, 11) is -3.72. The van der Waals surface area contributed by atoms with Crippen LogP contribution >= 0.6 is 11.6 Å². The molecule has 0 radical (unpaired) electrons. The van der Waals surface area contributed by atoms with Crippen LogP contribution in [0.25, 0.3) is 0 Å². The van der Waals surface area contributed by atoms with E-state index in [1.54, 1.807) is 10.9 Å². The molecule has 132 valence electrons. The lowest BCUT2D eigenvalue weighted by atomic mass is 10.2. The summed E-state index contributed by atoms with van der Waals surface area (Å²) >= 11 is 5.98. The normalized spacial score (nSPS) is 18.8. The van der Waals surface area contributed by atoms with Gasteiger partial charge in [0.25, 0.3) is 0 Å². The highest BCUT2D eigenvalue weighted by molar-refractivity contribution is 7.89.